The lowest BCUT2D eigenvalue weighted by Crippen LogP contribution is -2.47. The van der Waals surface area contributed by atoms with Gasteiger partial charge < -0.3 is 19.6 Å². The van der Waals surface area contributed by atoms with Crippen molar-refractivity contribution in [1.29, 1.82) is 0 Å². The molecule has 3 aromatic heterocycles. The predicted octanol–water partition coefficient (Wildman–Crippen LogP) is 1.62. The Labute approximate surface area is 181 Å². The molecule has 164 valence electrons. The predicted molar refractivity (Wildman–Crippen MR) is 122 cm³/mol. The van der Waals surface area contributed by atoms with E-state index in [0.717, 1.165) is 68.2 Å². The van der Waals surface area contributed by atoms with E-state index >= 15 is 0 Å². The monoisotopic (exact) mass is 422 g/mol. The fourth-order valence-electron chi connectivity index (χ4n) is 4.24. The van der Waals surface area contributed by atoms with Gasteiger partial charge in [0.25, 0.3) is 11.5 Å². The van der Waals surface area contributed by atoms with Crippen LogP contribution in [0.5, 0.6) is 0 Å². The van der Waals surface area contributed by atoms with E-state index in [2.05, 4.69) is 31.2 Å². The molecule has 4 heterocycles. The molecular formula is C23H30N6O2. The first-order chi connectivity index (χ1) is 15.0. The van der Waals surface area contributed by atoms with Gasteiger partial charge >= 0.3 is 0 Å². The lowest BCUT2D eigenvalue weighted by Gasteiger charge is -2.36. The van der Waals surface area contributed by atoms with Crippen molar-refractivity contribution in [2.45, 2.75) is 26.7 Å². The van der Waals surface area contributed by atoms with Gasteiger partial charge in [0.1, 0.15) is 11.3 Å². The molecule has 0 aliphatic carbocycles. The highest BCUT2D eigenvalue weighted by molar-refractivity contribution is 5.92. The van der Waals surface area contributed by atoms with Crippen LogP contribution in [0.25, 0.3) is 5.65 Å². The highest BCUT2D eigenvalue weighted by atomic mass is 16.1. The van der Waals surface area contributed by atoms with E-state index in [1.165, 1.54) is 5.56 Å². The maximum absolute atomic E-state index is 12.2. The molecule has 1 saturated heterocycles. The first kappa shape index (κ1) is 21.1. The largest absolute Gasteiger partial charge is 0.368 e. The normalized spacial score (nSPS) is 14.9. The molecule has 1 amide bonds. The summed E-state index contributed by atoms with van der Waals surface area (Å²) in [6, 6.07) is 5.89. The molecule has 1 aliphatic rings. The van der Waals surface area contributed by atoms with Crippen molar-refractivity contribution in [3.05, 3.63) is 63.5 Å². The SMILES string of the molecule is CCc1cn2ccc(CCN3CCN(c4ccc(C(=O)NC)nc4C)CC3)c2[nH]c1=O. The Balaban J connectivity index is 1.36. The number of hydrogen-bond acceptors (Lipinski definition) is 5. The van der Waals surface area contributed by atoms with Gasteiger partial charge in [-0.25, -0.2) is 4.98 Å². The molecule has 2 N–H and O–H groups in total. The third-order valence-corrected chi connectivity index (χ3v) is 6.13. The van der Waals surface area contributed by atoms with E-state index in [9.17, 15) is 9.59 Å². The van der Waals surface area contributed by atoms with E-state index in [1.807, 2.05) is 36.7 Å². The van der Waals surface area contributed by atoms with Crippen molar-refractivity contribution in [2.75, 3.05) is 44.7 Å². The Morgan fingerprint density at radius 3 is 2.61 bits per heavy atom. The number of aromatic amines is 1. The number of nitrogens with one attached hydrogen (secondary N) is 2. The Morgan fingerprint density at radius 1 is 1.16 bits per heavy atom. The zero-order chi connectivity index (χ0) is 22.0. The van der Waals surface area contributed by atoms with Gasteiger partial charge in [0.05, 0.1) is 11.4 Å². The van der Waals surface area contributed by atoms with Crippen LogP contribution in [-0.4, -0.2) is 64.9 Å². The van der Waals surface area contributed by atoms with Crippen LogP contribution in [0.3, 0.4) is 0 Å². The van der Waals surface area contributed by atoms with Crippen molar-refractivity contribution < 1.29 is 4.79 Å². The fourth-order valence-corrected chi connectivity index (χ4v) is 4.24. The van der Waals surface area contributed by atoms with Crippen molar-refractivity contribution in [3.63, 3.8) is 0 Å². The van der Waals surface area contributed by atoms with Crippen LogP contribution < -0.4 is 15.8 Å². The summed E-state index contributed by atoms with van der Waals surface area (Å²) in [6.45, 7) is 8.70. The number of fused-ring (bicyclic) bond motifs is 1. The number of amides is 1. The van der Waals surface area contributed by atoms with Crippen LogP contribution in [0, 0.1) is 6.92 Å². The maximum atomic E-state index is 12.2. The quantitative estimate of drug-likeness (QED) is 0.631. The average molecular weight is 423 g/mol. The van der Waals surface area contributed by atoms with Crippen molar-refractivity contribution in [2.24, 2.45) is 0 Å². The number of piperazine rings is 1. The first-order valence-corrected chi connectivity index (χ1v) is 10.9. The number of rotatable bonds is 6. The van der Waals surface area contributed by atoms with Gasteiger partial charge in [-0.05, 0) is 43.5 Å². The van der Waals surface area contributed by atoms with Crippen molar-refractivity contribution in [1.82, 2.24) is 24.6 Å². The molecule has 0 spiro atoms. The summed E-state index contributed by atoms with van der Waals surface area (Å²) in [5.41, 5.74) is 5.31. The molecule has 0 atom stereocenters. The molecule has 8 nitrogen and oxygen atoms in total. The molecule has 0 aromatic carbocycles. The van der Waals surface area contributed by atoms with E-state index in [4.69, 9.17) is 0 Å². The second-order valence-corrected chi connectivity index (χ2v) is 8.02. The summed E-state index contributed by atoms with van der Waals surface area (Å²) in [7, 11) is 1.61. The van der Waals surface area contributed by atoms with Crippen molar-refractivity contribution >= 4 is 17.2 Å². The lowest BCUT2D eigenvalue weighted by atomic mass is 10.2. The number of pyridine rings is 1. The van der Waals surface area contributed by atoms with Gasteiger partial charge in [0.15, 0.2) is 0 Å². The molecule has 0 unspecified atom stereocenters. The molecule has 1 fully saturated rings. The molecule has 1 aliphatic heterocycles. The van der Waals surface area contributed by atoms with Crippen LogP contribution in [-0.2, 0) is 12.8 Å². The highest BCUT2D eigenvalue weighted by Crippen LogP contribution is 2.21. The third kappa shape index (κ3) is 4.34. The Morgan fingerprint density at radius 2 is 1.94 bits per heavy atom. The van der Waals surface area contributed by atoms with Crippen LogP contribution >= 0.6 is 0 Å². The second kappa shape index (κ2) is 8.93. The number of H-pyrrole nitrogens is 1. The zero-order valence-corrected chi connectivity index (χ0v) is 18.4. The molecule has 0 saturated carbocycles. The first-order valence-electron chi connectivity index (χ1n) is 10.9. The van der Waals surface area contributed by atoms with Gasteiger partial charge in [0, 0.05) is 57.7 Å². The second-order valence-electron chi connectivity index (χ2n) is 8.02. The van der Waals surface area contributed by atoms with E-state index in [-0.39, 0.29) is 11.5 Å². The Bertz CT molecular complexity index is 1140. The van der Waals surface area contributed by atoms with Crippen molar-refractivity contribution in [3.8, 4) is 0 Å². The number of carbonyl (C=O) groups is 1. The summed E-state index contributed by atoms with van der Waals surface area (Å²) in [6.07, 6.45) is 5.59. The molecule has 0 bridgehead atoms. The van der Waals surface area contributed by atoms with Gasteiger partial charge in [-0.3, -0.25) is 14.5 Å². The molecular weight excluding hydrogens is 392 g/mol. The zero-order valence-electron chi connectivity index (χ0n) is 18.4. The summed E-state index contributed by atoms with van der Waals surface area (Å²) in [5.74, 6) is -0.162. The smallest absolute Gasteiger partial charge is 0.269 e. The van der Waals surface area contributed by atoms with Crippen LogP contribution in [0.15, 0.2) is 35.4 Å². The number of anilines is 1. The van der Waals surface area contributed by atoms with Crippen LogP contribution in [0.4, 0.5) is 5.69 Å². The number of carbonyl (C=O) groups excluding carboxylic acids is 1. The van der Waals surface area contributed by atoms with Gasteiger partial charge in [-0.2, -0.15) is 0 Å². The summed E-state index contributed by atoms with van der Waals surface area (Å²) >= 11 is 0. The van der Waals surface area contributed by atoms with Gasteiger partial charge in [-0.1, -0.05) is 6.92 Å². The van der Waals surface area contributed by atoms with E-state index < -0.39 is 0 Å². The average Bonchev–Trinajstić information content (AvgIpc) is 3.18. The van der Waals surface area contributed by atoms with Gasteiger partial charge in [0.2, 0.25) is 0 Å². The molecule has 0 radical (unpaired) electrons. The molecule has 8 heteroatoms. The Hall–Kier alpha value is -3.13. The van der Waals surface area contributed by atoms with Crippen LogP contribution in [0.1, 0.15) is 34.2 Å². The third-order valence-electron chi connectivity index (χ3n) is 6.13. The molecule has 3 aromatic rings. The fraction of sp³-hybridized carbons (Fsp3) is 0.435. The standard InChI is InChI=1S/C23H30N6O2/c1-4-17-15-29-10-8-18(21(29)26-22(17)30)7-9-27-11-13-28(14-12-27)20-6-5-19(23(31)24-3)25-16(20)2/h5-6,8,10,15H,4,7,9,11-14H2,1-3H3,(H,24,31)(H,26,30). The topological polar surface area (TPSA) is 85.7 Å². The number of hydrogen-bond donors (Lipinski definition) is 2. The number of nitrogens with zero attached hydrogens (tertiary/aromatic N) is 4. The minimum atomic E-state index is -0.162. The molecule has 4 rings (SSSR count). The Kier molecular flexibility index (Phi) is 6.08. The maximum Gasteiger partial charge on any atom is 0.269 e. The summed E-state index contributed by atoms with van der Waals surface area (Å²) in [4.78, 5) is 36.3. The highest BCUT2D eigenvalue weighted by Gasteiger charge is 2.20. The van der Waals surface area contributed by atoms with E-state index in [1.54, 1.807) is 13.1 Å². The van der Waals surface area contributed by atoms with Gasteiger partial charge in [-0.15, -0.1) is 0 Å². The molecule has 31 heavy (non-hydrogen) atoms. The van der Waals surface area contributed by atoms with E-state index in [0.29, 0.717) is 5.69 Å². The van der Waals surface area contributed by atoms with Crippen LogP contribution in [0.2, 0.25) is 0 Å². The summed E-state index contributed by atoms with van der Waals surface area (Å²) in [5, 5.41) is 2.62. The number of aryl methyl sites for hydroxylation is 2. The number of aromatic nitrogens is 3. The summed E-state index contributed by atoms with van der Waals surface area (Å²) < 4.78 is 2.02. The minimum absolute atomic E-state index is 0.00924. The lowest BCUT2D eigenvalue weighted by molar-refractivity contribution is 0.0958. The minimum Gasteiger partial charge on any atom is -0.368 e.